The van der Waals surface area contributed by atoms with Gasteiger partial charge in [-0.05, 0) is 35.9 Å². The maximum atomic E-state index is 12.4. The predicted octanol–water partition coefficient (Wildman–Crippen LogP) is 2.25. The highest BCUT2D eigenvalue weighted by molar-refractivity contribution is 5.96. The zero-order valence-corrected chi connectivity index (χ0v) is 15.3. The second kappa shape index (κ2) is 8.31. The zero-order chi connectivity index (χ0) is 19.2. The summed E-state index contributed by atoms with van der Waals surface area (Å²) in [5.41, 5.74) is 3.57. The van der Waals surface area contributed by atoms with Gasteiger partial charge in [-0.25, -0.2) is 5.43 Å². The van der Waals surface area contributed by atoms with Gasteiger partial charge in [0.15, 0.2) is 23.0 Å². The van der Waals surface area contributed by atoms with E-state index in [2.05, 4.69) is 10.5 Å². The number of nitrogens with zero attached hydrogens (tertiary/aromatic N) is 1. The number of carbonyl (C=O) groups is 1. The Labute approximate surface area is 156 Å². The molecule has 2 aromatic rings. The second-order valence-corrected chi connectivity index (χ2v) is 5.52. The largest absolute Gasteiger partial charge is 0.493 e. The van der Waals surface area contributed by atoms with Crippen molar-refractivity contribution in [1.82, 2.24) is 5.43 Å². The van der Waals surface area contributed by atoms with Gasteiger partial charge in [0.25, 0.3) is 5.91 Å². The number of amides is 1. The van der Waals surface area contributed by atoms with Crippen molar-refractivity contribution in [2.45, 2.75) is 0 Å². The first-order chi connectivity index (χ1) is 13.2. The average Bonchev–Trinajstić information content (AvgIpc) is 2.72. The molecule has 27 heavy (non-hydrogen) atoms. The fourth-order valence-electron chi connectivity index (χ4n) is 2.58. The number of rotatable bonds is 6. The summed E-state index contributed by atoms with van der Waals surface area (Å²) in [6.07, 6.45) is 1.52. The molecule has 0 unspecified atom stereocenters. The van der Waals surface area contributed by atoms with Crippen LogP contribution in [0.4, 0.5) is 0 Å². The fourth-order valence-corrected chi connectivity index (χ4v) is 2.58. The number of hydrogen-bond acceptors (Lipinski definition) is 7. The van der Waals surface area contributed by atoms with Crippen molar-refractivity contribution in [3.63, 3.8) is 0 Å². The van der Waals surface area contributed by atoms with Crippen molar-refractivity contribution < 1.29 is 28.5 Å². The summed E-state index contributed by atoms with van der Waals surface area (Å²) in [4.78, 5) is 12.4. The van der Waals surface area contributed by atoms with Gasteiger partial charge in [0, 0.05) is 5.56 Å². The van der Waals surface area contributed by atoms with Crippen molar-refractivity contribution >= 4 is 12.1 Å². The van der Waals surface area contributed by atoms with Crippen LogP contribution in [-0.2, 0) is 0 Å². The van der Waals surface area contributed by atoms with Crippen molar-refractivity contribution in [2.75, 3.05) is 34.5 Å². The predicted molar refractivity (Wildman–Crippen MR) is 98.6 cm³/mol. The van der Waals surface area contributed by atoms with E-state index in [4.69, 9.17) is 23.7 Å². The van der Waals surface area contributed by atoms with Crippen LogP contribution >= 0.6 is 0 Å². The summed E-state index contributed by atoms with van der Waals surface area (Å²) in [5.74, 6) is 2.12. The molecule has 8 nitrogen and oxygen atoms in total. The molecule has 0 radical (unpaired) electrons. The maximum Gasteiger partial charge on any atom is 0.271 e. The molecule has 3 rings (SSSR count). The molecule has 1 aliphatic heterocycles. The van der Waals surface area contributed by atoms with E-state index in [1.54, 1.807) is 24.3 Å². The Kier molecular flexibility index (Phi) is 5.65. The maximum absolute atomic E-state index is 12.4. The van der Waals surface area contributed by atoms with Gasteiger partial charge in [-0.2, -0.15) is 5.10 Å². The third kappa shape index (κ3) is 4.05. The highest BCUT2D eigenvalue weighted by Gasteiger charge is 2.17. The highest BCUT2D eigenvalue weighted by Crippen LogP contribution is 2.38. The Morgan fingerprint density at radius 1 is 1.00 bits per heavy atom. The molecule has 0 fully saturated rings. The van der Waals surface area contributed by atoms with E-state index >= 15 is 0 Å². The Bertz CT molecular complexity index is 840. The van der Waals surface area contributed by atoms with Crippen LogP contribution in [0.5, 0.6) is 28.7 Å². The summed E-state index contributed by atoms with van der Waals surface area (Å²) in [7, 11) is 4.47. The summed E-state index contributed by atoms with van der Waals surface area (Å²) >= 11 is 0. The molecule has 0 aliphatic carbocycles. The molecule has 2 aromatic carbocycles. The summed E-state index contributed by atoms with van der Waals surface area (Å²) < 4.78 is 26.7. The minimum absolute atomic E-state index is 0.323. The van der Waals surface area contributed by atoms with Gasteiger partial charge in [-0.15, -0.1) is 0 Å². The first-order valence-electron chi connectivity index (χ1n) is 8.19. The number of carbonyl (C=O) groups excluding carboxylic acids is 1. The Morgan fingerprint density at radius 2 is 1.67 bits per heavy atom. The van der Waals surface area contributed by atoms with Crippen LogP contribution in [0.25, 0.3) is 0 Å². The molecule has 142 valence electrons. The van der Waals surface area contributed by atoms with E-state index < -0.39 is 5.91 Å². The molecule has 0 spiro atoms. The average molecular weight is 372 g/mol. The molecule has 1 aliphatic rings. The van der Waals surface area contributed by atoms with E-state index in [0.29, 0.717) is 47.5 Å². The molecule has 1 amide bonds. The van der Waals surface area contributed by atoms with E-state index in [-0.39, 0.29) is 0 Å². The van der Waals surface area contributed by atoms with Crippen LogP contribution in [0.3, 0.4) is 0 Å². The summed E-state index contributed by atoms with van der Waals surface area (Å²) in [6.45, 7) is 1.04. The molecule has 8 heteroatoms. The van der Waals surface area contributed by atoms with Gasteiger partial charge in [0.2, 0.25) is 5.75 Å². The lowest BCUT2D eigenvalue weighted by Crippen LogP contribution is -2.18. The van der Waals surface area contributed by atoms with Crippen LogP contribution in [0.15, 0.2) is 35.4 Å². The number of benzene rings is 2. The third-order valence-corrected chi connectivity index (χ3v) is 3.87. The van der Waals surface area contributed by atoms with Crippen LogP contribution in [0.1, 0.15) is 15.9 Å². The van der Waals surface area contributed by atoms with E-state index in [0.717, 1.165) is 5.56 Å². The Balaban J connectivity index is 1.73. The quantitative estimate of drug-likeness (QED) is 0.618. The lowest BCUT2D eigenvalue weighted by molar-refractivity contribution is 0.0954. The fraction of sp³-hybridized carbons (Fsp3) is 0.263. The molecule has 0 atom stereocenters. The van der Waals surface area contributed by atoms with Gasteiger partial charge < -0.3 is 23.7 Å². The highest BCUT2D eigenvalue weighted by atomic mass is 16.6. The van der Waals surface area contributed by atoms with Gasteiger partial charge in [0.1, 0.15) is 13.2 Å². The monoisotopic (exact) mass is 372 g/mol. The molecular weight excluding hydrogens is 352 g/mol. The van der Waals surface area contributed by atoms with Gasteiger partial charge in [0.05, 0.1) is 27.5 Å². The minimum Gasteiger partial charge on any atom is -0.493 e. The SMILES string of the molecule is COc1cc(C(=O)NN=Cc2ccc3c(c2)OCCO3)cc(OC)c1OC. The number of hydrogen-bond donors (Lipinski definition) is 1. The summed E-state index contributed by atoms with van der Waals surface area (Å²) in [6, 6.07) is 8.52. The third-order valence-electron chi connectivity index (χ3n) is 3.87. The van der Waals surface area contributed by atoms with Crippen LogP contribution in [0.2, 0.25) is 0 Å². The van der Waals surface area contributed by atoms with Crippen molar-refractivity contribution in [1.29, 1.82) is 0 Å². The molecule has 1 heterocycles. The van der Waals surface area contributed by atoms with Crippen LogP contribution in [0, 0.1) is 0 Å². The van der Waals surface area contributed by atoms with Crippen LogP contribution < -0.4 is 29.1 Å². The molecule has 0 aromatic heterocycles. The Hall–Kier alpha value is -3.42. The lowest BCUT2D eigenvalue weighted by atomic mass is 10.1. The number of hydrazone groups is 1. The van der Waals surface area contributed by atoms with E-state index in [9.17, 15) is 4.79 Å². The van der Waals surface area contributed by atoms with Gasteiger partial charge >= 0.3 is 0 Å². The van der Waals surface area contributed by atoms with Gasteiger partial charge in [-0.1, -0.05) is 0 Å². The first-order valence-corrected chi connectivity index (χ1v) is 8.19. The Morgan fingerprint density at radius 3 is 2.30 bits per heavy atom. The standard InChI is InChI=1S/C19H20N2O6/c1-23-16-9-13(10-17(24-2)18(16)25-3)19(22)21-20-11-12-4-5-14-15(8-12)27-7-6-26-14/h4-5,8-11H,6-7H2,1-3H3,(H,21,22). The van der Waals surface area contributed by atoms with Crippen molar-refractivity contribution in [3.05, 3.63) is 41.5 Å². The molecule has 0 bridgehead atoms. The topological polar surface area (TPSA) is 87.6 Å². The zero-order valence-electron chi connectivity index (χ0n) is 15.3. The molecule has 0 saturated carbocycles. The van der Waals surface area contributed by atoms with Gasteiger partial charge in [-0.3, -0.25) is 4.79 Å². The normalized spacial score (nSPS) is 12.6. The second-order valence-electron chi connectivity index (χ2n) is 5.52. The number of nitrogens with one attached hydrogen (secondary N) is 1. The molecular formula is C19H20N2O6. The smallest absolute Gasteiger partial charge is 0.271 e. The van der Waals surface area contributed by atoms with Crippen molar-refractivity contribution in [3.8, 4) is 28.7 Å². The number of methoxy groups -OCH3 is 3. The van der Waals surface area contributed by atoms with E-state index in [1.807, 2.05) is 6.07 Å². The summed E-state index contributed by atoms with van der Waals surface area (Å²) in [5, 5.41) is 3.99. The lowest BCUT2D eigenvalue weighted by Gasteiger charge is -2.18. The number of ether oxygens (including phenoxy) is 5. The minimum atomic E-state index is -0.414. The number of fused-ring (bicyclic) bond motifs is 1. The van der Waals surface area contributed by atoms with E-state index in [1.165, 1.54) is 27.5 Å². The molecule has 0 saturated heterocycles. The van der Waals surface area contributed by atoms with Crippen LogP contribution in [-0.4, -0.2) is 46.7 Å². The first kappa shape index (κ1) is 18.4. The molecule has 1 N–H and O–H groups in total. The van der Waals surface area contributed by atoms with Crippen molar-refractivity contribution in [2.24, 2.45) is 5.10 Å².